The van der Waals surface area contributed by atoms with E-state index >= 15 is 0 Å². The van der Waals surface area contributed by atoms with Gasteiger partial charge in [0, 0.05) is 17.3 Å². The Hall–Kier alpha value is -0.700. The van der Waals surface area contributed by atoms with E-state index in [9.17, 15) is 9.18 Å². The van der Waals surface area contributed by atoms with E-state index in [1.54, 1.807) is 12.1 Å². The largest absolute Gasteiger partial charge is 0.300 e. The van der Waals surface area contributed by atoms with Crippen molar-refractivity contribution < 1.29 is 9.18 Å². The molecular formula is C12H14BrFO. The van der Waals surface area contributed by atoms with Gasteiger partial charge < -0.3 is 0 Å². The molecule has 1 nitrogen and oxygen atoms in total. The summed E-state index contributed by atoms with van der Waals surface area (Å²) < 4.78 is 14.1. The van der Waals surface area contributed by atoms with E-state index < -0.39 is 0 Å². The van der Waals surface area contributed by atoms with Crippen LogP contribution in [0, 0.1) is 5.82 Å². The monoisotopic (exact) mass is 272 g/mol. The molecule has 0 aliphatic rings. The summed E-state index contributed by atoms with van der Waals surface area (Å²) in [6.07, 6.45) is 2.38. The topological polar surface area (TPSA) is 17.1 Å². The van der Waals surface area contributed by atoms with E-state index in [0.717, 1.165) is 10.9 Å². The zero-order valence-electron chi connectivity index (χ0n) is 8.72. The lowest BCUT2D eigenvalue weighted by Gasteiger charge is -2.03. The number of benzene rings is 1. The first kappa shape index (κ1) is 12.4. The first-order valence-corrected chi connectivity index (χ1v) is 5.88. The summed E-state index contributed by atoms with van der Waals surface area (Å²) in [4.78, 5) is 11.3. The van der Waals surface area contributed by atoms with Crippen molar-refractivity contribution in [1.82, 2.24) is 0 Å². The van der Waals surface area contributed by atoms with E-state index in [0.29, 0.717) is 24.8 Å². The van der Waals surface area contributed by atoms with E-state index in [1.165, 1.54) is 6.07 Å². The molecule has 0 N–H and O–H groups in total. The molecule has 0 heterocycles. The Kier molecular flexibility index (Phi) is 4.95. The summed E-state index contributed by atoms with van der Waals surface area (Å²) in [5.74, 6) is -0.0284. The van der Waals surface area contributed by atoms with Gasteiger partial charge in [-0.3, -0.25) is 4.79 Å². The third-order valence-electron chi connectivity index (χ3n) is 2.21. The number of rotatable bonds is 5. The number of hydrogen-bond donors (Lipinski definition) is 0. The molecule has 3 heteroatoms. The lowest BCUT2D eigenvalue weighted by molar-refractivity contribution is -0.119. The van der Waals surface area contributed by atoms with Crippen molar-refractivity contribution in [2.45, 2.75) is 32.6 Å². The number of hydrogen-bond acceptors (Lipinski definition) is 1. The minimum Gasteiger partial charge on any atom is -0.300 e. The highest BCUT2D eigenvalue weighted by molar-refractivity contribution is 9.10. The first-order valence-electron chi connectivity index (χ1n) is 5.09. The molecule has 1 aromatic carbocycles. The quantitative estimate of drug-likeness (QED) is 0.795. The number of halogens is 2. The lowest BCUT2D eigenvalue weighted by Crippen LogP contribution is -2.00. The number of aryl methyl sites for hydroxylation is 1. The Morgan fingerprint density at radius 2 is 2.13 bits per heavy atom. The molecule has 0 aliphatic heterocycles. The third-order valence-corrected chi connectivity index (χ3v) is 2.70. The molecule has 0 radical (unpaired) electrons. The van der Waals surface area contributed by atoms with Crippen LogP contribution in [0.4, 0.5) is 4.39 Å². The van der Waals surface area contributed by atoms with Crippen LogP contribution in [0.3, 0.4) is 0 Å². The zero-order chi connectivity index (χ0) is 11.3. The minimum atomic E-state index is -0.234. The molecule has 0 spiro atoms. The molecule has 0 bridgehead atoms. The van der Waals surface area contributed by atoms with Crippen molar-refractivity contribution in [1.29, 1.82) is 0 Å². The second kappa shape index (κ2) is 6.01. The Balaban J connectivity index is 2.57. The molecule has 0 aromatic heterocycles. The average molecular weight is 273 g/mol. The van der Waals surface area contributed by atoms with Crippen LogP contribution in [-0.4, -0.2) is 5.78 Å². The van der Waals surface area contributed by atoms with Crippen molar-refractivity contribution in [3.05, 3.63) is 34.1 Å². The molecule has 0 amide bonds. The Labute approximate surface area is 97.8 Å². The second-order valence-electron chi connectivity index (χ2n) is 3.52. The molecule has 0 aliphatic carbocycles. The SMILES string of the molecule is CCCC(=O)CCc1cc(Br)ccc1F. The Morgan fingerprint density at radius 3 is 2.80 bits per heavy atom. The van der Waals surface area contributed by atoms with Crippen molar-refractivity contribution in [3.63, 3.8) is 0 Å². The molecule has 0 atom stereocenters. The van der Waals surface area contributed by atoms with Gasteiger partial charge in [0.2, 0.25) is 0 Å². The van der Waals surface area contributed by atoms with E-state index in [4.69, 9.17) is 0 Å². The first-order chi connectivity index (χ1) is 7.13. The Morgan fingerprint density at radius 1 is 1.40 bits per heavy atom. The van der Waals surface area contributed by atoms with Gasteiger partial charge >= 0.3 is 0 Å². The molecular weight excluding hydrogens is 259 g/mol. The molecule has 1 aromatic rings. The zero-order valence-corrected chi connectivity index (χ0v) is 10.3. The fraction of sp³-hybridized carbons (Fsp3) is 0.417. The van der Waals surface area contributed by atoms with Gasteiger partial charge in [-0.05, 0) is 36.6 Å². The second-order valence-corrected chi connectivity index (χ2v) is 4.44. The number of ketones is 1. The maximum Gasteiger partial charge on any atom is 0.133 e. The summed E-state index contributed by atoms with van der Waals surface area (Å²) in [5.41, 5.74) is 0.605. The van der Waals surface area contributed by atoms with Gasteiger partial charge in [0.15, 0.2) is 0 Å². The third kappa shape index (κ3) is 4.12. The normalized spacial score (nSPS) is 10.3. The fourth-order valence-electron chi connectivity index (χ4n) is 1.41. The van der Waals surface area contributed by atoms with Crippen LogP contribution < -0.4 is 0 Å². The number of carbonyl (C=O) groups excluding carboxylic acids is 1. The van der Waals surface area contributed by atoms with Crippen LogP contribution in [0.2, 0.25) is 0 Å². The van der Waals surface area contributed by atoms with Crippen LogP contribution >= 0.6 is 15.9 Å². The van der Waals surface area contributed by atoms with Gasteiger partial charge in [0.25, 0.3) is 0 Å². The van der Waals surface area contributed by atoms with Gasteiger partial charge in [-0.1, -0.05) is 22.9 Å². The Bertz CT molecular complexity index is 349. The molecule has 1 rings (SSSR count). The van der Waals surface area contributed by atoms with Gasteiger partial charge in [-0.15, -0.1) is 0 Å². The summed E-state index contributed by atoms with van der Waals surface area (Å²) in [6.45, 7) is 1.97. The van der Waals surface area contributed by atoms with E-state index in [2.05, 4.69) is 15.9 Å². The summed E-state index contributed by atoms with van der Waals surface area (Å²) in [7, 11) is 0. The van der Waals surface area contributed by atoms with Crippen LogP contribution in [-0.2, 0) is 11.2 Å². The molecule has 0 fully saturated rings. The predicted octanol–water partition coefficient (Wildman–Crippen LogP) is 3.89. The van der Waals surface area contributed by atoms with Crippen molar-refractivity contribution in [2.75, 3.05) is 0 Å². The van der Waals surface area contributed by atoms with Crippen molar-refractivity contribution >= 4 is 21.7 Å². The van der Waals surface area contributed by atoms with Gasteiger partial charge in [-0.2, -0.15) is 0 Å². The van der Waals surface area contributed by atoms with Crippen molar-refractivity contribution in [3.8, 4) is 0 Å². The van der Waals surface area contributed by atoms with Crippen molar-refractivity contribution in [2.24, 2.45) is 0 Å². The average Bonchev–Trinajstić information content (AvgIpc) is 2.20. The van der Waals surface area contributed by atoms with E-state index in [-0.39, 0.29) is 11.6 Å². The highest BCUT2D eigenvalue weighted by Gasteiger charge is 2.06. The van der Waals surface area contributed by atoms with Crippen LogP contribution in [0.1, 0.15) is 31.7 Å². The molecule has 0 saturated heterocycles. The molecule has 82 valence electrons. The van der Waals surface area contributed by atoms with Crippen LogP contribution in [0.25, 0.3) is 0 Å². The highest BCUT2D eigenvalue weighted by Crippen LogP contribution is 2.17. The maximum absolute atomic E-state index is 13.3. The standard InChI is InChI=1S/C12H14BrFO/c1-2-3-11(15)6-4-9-8-10(13)5-7-12(9)14/h5,7-8H,2-4,6H2,1H3. The smallest absolute Gasteiger partial charge is 0.133 e. The van der Waals surface area contributed by atoms with E-state index in [1.807, 2.05) is 6.92 Å². The fourth-order valence-corrected chi connectivity index (χ4v) is 1.82. The van der Waals surface area contributed by atoms with Gasteiger partial charge in [-0.25, -0.2) is 4.39 Å². The van der Waals surface area contributed by atoms with Gasteiger partial charge in [0.1, 0.15) is 11.6 Å². The summed E-state index contributed by atoms with van der Waals surface area (Å²) in [5, 5.41) is 0. The van der Waals surface area contributed by atoms with Gasteiger partial charge in [0.05, 0.1) is 0 Å². The summed E-state index contributed by atoms with van der Waals surface area (Å²) >= 11 is 3.28. The minimum absolute atomic E-state index is 0.205. The molecule has 15 heavy (non-hydrogen) atoms. The number of carbonyl (C=O) groups is 1. The summed E-state index contributed by atoms with van der Waals surface area (Å²) in [6, 6.07) is 4.81. The number of Topliss-reactive ketones (excluding diaryl/α,β-unsaturated/α-hetero) is 1. The molecule has 0 saturated carbocycles. The highest BCUT2D eigenvalue weighted by atomic mass is 79.9. The maximum atomic E-state index is 13.3. The van der Waals surface area contributed by atoms with Crippen LogP contribution in [0.5, 0.6) is 0 Å². The molecule has 0 unspecified atom stereocenters. The van der Waals surface area contributed by atoms with Crippen LogP contribution in [0.15, 0.2) is 22.7 Å². The predicted molar refractivity (Wildman–Crippen MR) is 62.3 cm³/mol. The lowest BCUT2D eigenvalue weighted by atomic mass is 10.1.